The Morgan fingerprint density at radius 3 is 2.11 bits per heavy atom. The van der Waals surface area contributed by atoms with Gasteiger partial charge in [0, 0.05) is 19.5 Å². The molecule has 0 radical (unpaired) electrons. The summed E-state index contributed by atoms with van der Waals surface area (Å²) in [4.78, 5) is 0. The molecule has 0 bridgehead atoms. The first kappa shape index (κ1) is 12.3. The molecule has 0 saturated heterocycles. The van der Waals surface area contributed by atoms with Crippen LogP contribution in [-0.4, -0.2) is 12.4 Å². The second-order valence-corrected chi connectivity index (χ2v) is 1.90. The van der Waals surface area contributed by atoms with Crippen molar-refractivity contribution < 1.29 is 8.09 Å². The van der Waals surface area contributed by atoms with E-state index in [1.54, 1.807) is 7.05 Å². The molecule has 0 aromatic rings. The maximum Gasteiger partial charge on any atom is 0.185 e. The molecular formula is CH7FN2OP2S2. The number of rotatable bonds is 0. The average molecular weight is 210 g/mol. The summed E-state index contributed by atoms with van der Waals surface area (Å²) < 4.78 is 30.4. The van der Waals surface area contributed by atoms with E-state index in [0.29, 0.717) is 0 Å². The highest BCUT2D eigenvalue weighted by Crippen LogP contribution is 1.79. The SMILES string of the molecule is CN=S.P=NP.[3H]S(=O)F. The monoisotopic (exact) mass is 210 g/mol. The van der Waals surface area contributed by atoms with Crippen LogP contribution in [0.2, 0.25) is 0 Å². The summed E-state index contributed by atoms with van der Waals surface area (Å²) in [5.74, 6) is 0. The Kier molecular flexibility index (Phi) is 52.2. The van der Waals surface area contributed by atoms with Crippen molar-refractivity contribution in [3.05, 3.63) is 0 Å². The van der Waals surface area contributed by atoms with Gasteiger partial charge in [-0.1, -0.05) is 0 Å². The first-order chi connectivity index (χ1) is 4.56. The van der Waals surface area contributed by atoms with Gasteiger partial charge in [0.25, 0.3) is 0 Å². The lowest BCUT2D eigenvalue weighted by molar-refractivity contribution is 0.665. The fourth-order valence-electron chi connectivity index (χ4n) is 0. The fourth-order valence-corrected chi connectivity index (χ4v) is 0. The largest absolute Gasteiger partial charge is 0.255 e. The maximum atomic E-state index is 10.1. The Bertz CT molecular complexity index is 95.3. The molecule has 0 heterocycles. The standard InChI is InChI=1S/CH3NS.FHOS.H3NP2/c1-2-3;1-3-2;2-1-3/h1H3;3H;2H,3H2/i;3T;. The summed E-state index contributed by atoms with van der Waals surface area (Å²) in [6.07, 6.45) is 0. The molecule has 8 heteroatoms. The van der Waals surface area contributed by atoms with Gasteiger partial charge in [-0.05, 0) is 18.4 Å². The van der Waals surface area contributed by atoms with Gasteiger partial charge in [0.15, 0.2) is 13.1 Å². The van der Waals surface area contributed by atoms with E-state index >= 15 is 0 Å². The van der Waals surface area contributed by atoms with E-state index < -0.39 is 12.0 Å². The van der Waals surface area contributed by atoms with Gasteiger partial charge >= 0.3 is 0 Å². The lowest BCUT2D eigenvalue weighted by Crippen LogP contribution is -1.22. The van der Waals surface area contributed by atoms with Gasteiger partial charge in [-0.25, -0.2) is 8.57 Å². The van der Waals surface area contributed by atoms with Crippen molar-refractivity contribution in [3.8, 4) is 0 Å². The van der Waals surface area contributed by atoms with Gasteiger partial charge in [-0.2, -0.15) is 0 Å². The maximum absolute atomic E-state index is 10.1. The van der Waals surface area contributed by atoms with Crippen LogP contribution in [0.5, 0.6) is 0 Å². The van der Waals surface area contributed by atoms with Crippen LogP contribution in [0, 0.1) is 0 Å². The van der Waals surface area contributed by atoms with Gasteiger partial charge in [0.2, 0.25) is 0 Å². The molecule has 0 rings (SSSR count). The smallest absolute Gasteiger partial charge is 0.185 e. The van der Waals surface area contributed by atoms with Crippen molar-refractivity contribution in [2.24, 2.45) is 8.88 Å². The van der Waals surface area contributed by atoms with E-state index in [2.05, 4.69) is 39.7 Å². The van der Waals surface area contributed by atoms with Crippen LogP contribution in [-0.2, 0) is 24.4 Å². The minimum absolute atomic E-state index is 1.56. The van der Waals surface area contributed by atoms with Gasteiger partial charge < -0.3 is 0 Å². The molecule has 0 aromatic heterocycles. The molecule has 9 heavy (non-hydrogen) atoms. The van der Waals surface area contributed by atoms with Crippen molar-refractivity contribution in [3.63, 3.8) is 0 Å². The van der Waals surface area contributed by atoms with Crippen molar-refractivity contribution in [2.75, 3.05) is 7.05 Å². The van der Waals surface area contributed by atoms with E-state index in [1.807, 2.05) is 0 Å². The zero-order chi connectivity index (χ0) is 8.99. The van der Waals surface area contributed by atoms with Gasteiger partial charge in [-0.3, -0.25) is 4.52 Å². The van der Waals surface area contributed by atoms with Crippen LogP contribution >= 0.6 is 18.4 Å². The summed E-state index contributed by atoms with van der Waals surface area (Å²) in [5.41, 5.74) is 0. The third kappa shape index (κ3) is 956. The molecule has 0 N–H and O–H groups in total. The Balaban J connectivity index is -0.0000000750. The molecular weight excluding hydrogens is 201 g/mol. The lowest BCUT2D eigenvalue weighted by atomic mass is 11.6. The molecule has 0 saturated carbocycles. The quantitative estimate of drug-likeness (QED) is 0.371. The number of nitrogens with zero attached hydrogens (tertiary/aromatic N) is 2. The molecule has 3 nitrogen and oxygen atoms in total. The Labute approximate surface area is 68.4 Å². The Morgan fingerprint density at radius 2 is 2.11 bits per heavy atom. The molecule has 0 aliphatic carbocycles. The number of hydrogen-bond donors (Lipinski definition) is 1. The summed E-state index contributed by atoms with van der Waals surface area (Å²) in [6, 6.07) is 0. The normalized spacial score (nSPS) is 9.89. The zero-order valence-corrected chi connectivity index (χ0v) is 8.36. The summed E-state index contributed by atoms with van der Waals surface area (Å²) in [7, 11) is 6.45. The molecule has 0 aliphatic rings. The second kappa shape index (κ2) is 38.1. The van der Waals surface area contributed by atoms with E-state index in [0.717, 1.165) is 0 Å². The molecule has 0 aliphatic heterocycles. The topological polar surface area (TPSA) is 41.8 Å². The lowest BCUT2D eigenvalue weighted by Gasteiger charge is -1.36. The highest BCUT2D eigenvalue weighted by Gasteiger charge is 1.25. The van der Waals surface area contributed by atoms with Crippen LogP contribution in [0.3, 0.4) is 0 Å². The number of hydrogen-bond acceptors (Lipinski definition) is 4. The van der Waals surface area contributed by atoms with Crippen LogP contribution < -0.4 is 0 Å². The van der Waals surface area contributed by atoms with Gasteiger partial charge in [0.05, 0.1) is 0 Å². The van der Waals surface area contributed by atoms with E-state index in [4.69, 9.17) is 5.33 Å². The predicted octanol–water partition coefficient (Wildman–Crippen LogP) is 1.27. The van der Waals surface area contributed by atoms with Crippen LogP contribution in [0.4, 0.5) is 3.89 Å². The van der Waals surface area contributed by atoms with Crippen molar-refractivity contribution >= 4 is 42.8 Å². The highest BCUT2D eigenvalue weighted by atomic mass is 32.2. The van der Waals surface area contributed by atoms with Crippen LogP contribution in [0.25, 0.3) is 0 Å². The van der Waals surface area contributed by atoms with Crippen molar-refractivity contribution in [2.45, 2.75) is 0 Å². The molecule has 0 fully saturated rings. The molecule has 0 spiro atoms. The minimum atomic E-state index is -2.86. The van der Waals surface area contributed by atoms with Crippen molar-refractivity contribution in [1.29, 1.82) is 1.12 Å². The summed E-state index contributed by atoms with van der Waals surface area (Å²) >= 11 is 1.16. The van der Waals surface area contributed by atoms with Gasteiger partial charge in [0.1, 0.15) is 0 Å². The fraction of sp³-hybridized carbons (Fsp3) is 1.00. The highest BCUT2D eigenvalue weighted by molar-refractivity contribution is 7.59. The third-order valence-corrected chi connectivity index (χ3v) is 0. The predicted molar refractivity (Wildman–Crippen MR) is 46.8 cm³/mol. The van der Waals surface area contributed by atoms with E-state index in [1.165, 1.54) is 0 Å². The second-order valence-electron chi connectivity index (χ2n) is 0.375. The van der Waals surface area contributed by atoms with Crippen LogP contribution in [0.1, 0.15) is 0 Å². The Morgan fingerprint density at radius 1 is 2.11 bits per heavy atom. The average Bonchev–Trinajstić information content (AvgIpc) is 1.65. The zero-order valence-electron chi connectivity index (χ0n) is 5.57. The van der Waals surface area contributed by atoms with E-state index in [9.17, 15) is 3.89 Å². The van der Waals surface area contributed by atoms with Gasteiger partial charge in [-0.15, -0.1) is 3.89 Å². The first-order valence-electron chi connectivity index (χ1n) is 1.84. The van der Waals surface area contributed by atoms with Crippen molar-refractivity contribution in [1.82, 2.24) is 0 Å². The minimum Gasteiger partial charge on any atom is -0.255 e. The molecule has 56 valence electrons. The first-order valence-corrected chi connectivity index (χ1v) is 3.40. The molecule has 2 atom stereocenters. The Hall–Kier alpha value is 0.630. The van der Waals surface area contributed by atoms with E-state index in [-0.39, 0.29) is 0 Å². The third-order valence-electron chi connectivity index (χ3n) is 0. The molecule has 2 unspecified atom stereocenters. The number of thiol groups is 1. The number of halogens is 1. The summed E-state index contributed by atoms with van der Waals surface area (Å²) in [5, 5.41) is 0. The summed E-state index contributed by atoms with van der Waals surface area (Å²) in [6.45, 7) is 0. The van der Waals surface area contributed by atoms with Crippen LogP contribution in [0.15, 0.2) is 8.88 Å². The molecule has 0 amide bonds. The molecule has 0 aromatic carbocycles.